The van der Waals surface area contributed by atoms with Crippen LogP contribution in [0, 0.1) is 17.9 Å². The molecule has 0 spiro atoms. The van der Waals surface area contributed by atoms with E-state index in [1.165, 1.54) is 0 Å². The second kappa shape index (κ2) is 3.59. The van der Waals surface area contributed by atoms with Crippen molar-refractivity contribution in [1.29, 1.82) is 5.26 Å². The van der Waals surface area contributed by atoms with Crippen molar-refractivity contribution in [3.63, 3.8) is 0 Å². The fraction of sp³-hybridized carbons (Fsp3) is 0.375. The van der Waals surface area contributed by atoms with Gasteiger partial charge in [-0.15, -0.1) is 16.5 Å². The van der Waals surface area contributed by atoms with Gasteiger partial charge in [-0.1, -0.05) is 13.8 Å². The van der Waals surface area contributed by atoms with Crippen LogP contribution in [-0.2, 0) is 0 Å². The molecule has 0 saturated carbocycles. The molecule has 1 aromatic rings. The quantitative estimate of drug-likeness (QED) is 0.602. The molecule has 1 rings (SSSR count). The van der Waals surface area contributed by atoms with E-state index in [9.17, 15) is 0 Å². The van der Waals surface area contributed by atoms with Crippen LogP contribution in [0.2, 0.25) is 0 Å². The summed E-state index contributed by atoms with van der Waals surface area (Å²) in [5.74, 6) is 0.563. The lowest BCUT2D eigenvalue weighted by Crippen LogP contribution is -2.01. The van der Waals surface area contributed by atoms with Crippen LogP contribution >= 0.6 is 0 Å². The van der Waals surface area contributed by atoms with E-state index in [0.29, 0.717) is 5.82 Å². The monoisotopic (exact) mass is 173 g/mol. The van der Waals surface area contributed by atoms with Crippen LogP contribution in [0.1, 0.15) is 31.4 Å². The predicted molar refractivity (Wildman–Crippen MR) is 44.9 cm³/mol. The third kappa shape index (κ3) is 1.97. The number of nitrogens with zero attached hydrogens (tertiary/aromatic N) is 5. The smallest absolute Gasteiger partial charge is 0.375 e. The van der Waals surface area contributed by atoms with Gasteiger partial charge in [-0.25, -0.2) is 0 Å². The van der Waals surface area contributed by atoms with Gasteiger partial charge in [0.25, 0.3) is 5.82 Å². The number of hydrogen-bond donors (Lipinski definition) is 0. The molecule has 0 unspecified atom stereocenters. The minimum Gasteiger partial charge on any atom is -0.394 e. The van der Waals surface area contributed by atoms with Crippen molar-refractivity contribution >= 4 is 5.95 Å². The third-order valence-corrected chi connectivity index (χ3v) is 1.36. The van der Waals surface area contributed by atoms with Gasteiger partial charge in [0, 0.05) is 5.92 Å². The molecule has 0 N–H and O–H groups in total. The number of hydrogen-bond acceptors (Lipinski definition) is 4. The van der Waals surface area contributed by atoms with Gasteiger partial charge in [0.05, 0.1) is 0 Å². The first-order valence-electron chi connectivity index (χ1n) is 3.71. The van der Waals surface area contributed by atoms with E-state index < -0.39 is 0 Å². The molecule has 0 fully saturated rings. The molecule has 5 nitrogen and oxygen atoms in total. The molecular weight excluding hydrogens is 166 g/mol. The van der Waals surface area contributed by atoms with E-state index in [2.05, 4.69) is 19.8 Å². The zero-order valence-corrected chi connectivity index (χ0v) is 7.31. The highest BCUT2D eigenvalue weighted by atomic mass is 15.1. The molecule has 64 valence electrons. The van der Waals surface area contributed by atoms with Crippen molar-refractivity contribution in [2.24, 2.45) is 0 Å². The van der Waals surface area contributed by atoms with Crippen molar-refractivity contribution < 1.29 is 0 Å². The molecule has 0 saturated heterocycles. The lowest BCUT2D eigenvalue weighted by molar-refractivity contribution is 0.760. The average Bonchev–Trinajstić information content (AvgIpc) is 2.16. The van der Waals surface area contributed by atoms with E-state index in [1.54, 1.807) is 6.07 Å². The predicted octanol–water partition coefficient (Wildman–Crippen LogP) is 1.42. The highest BCUT2D eigenvalue weighted by Crippen LogP contribution is 2.12. The Morgan fingerprint density at radius 1 is 1.38 bits per heavy atom. The highest BCUT2D eigenvalue weighted by Gasteiger charge is 2.11. The Labute approximate surface area is 75.9 Å². The summed E-state index contributed by atoms with van der Waals surface area (Å²) in [7, 11) is 0. The number of aromatic nitrogens is 3. The first kappa shape index (κ1) is 9.08. The topological polar surface area (TPSA) is 66.8 Å². The summed E-state index contributed by atoms with van der Waals surface area (Å²) in [6.07, 6.45) is 0. The van der Waals surface area contributed by atoms with Crippen molar-refractivity contribution in [2.45, 2.75) is 19.8 Å². The SMILES string of the molecule is [C-]#[N+]c1nc(C#N)nc(C(C)C)n1. The molecule has 0 aliphatic rings. The zero-order chi connectivity index (χ0) is 9.84. The van der Waals surface area contributed by atoms with E-state index in [0.717, 1.165) is 0 Å². The molecule has 0 aliphatic carbocycles. The molecule has 13 heavy (non-hydrogen) atoms. The summed E-state index contributed by atoms with van der Waals surface area (Å²) in [5, 5.41) is 8.56. The fourth-order valence-electron chi connectivity index (χ4n) is 0.739. The summed E-state index contributed by atoms with van der Waals surface area (Å²) < 4.78 is 0. The highest BCUT2D eigenvalue weighted by molar-refractivity contribution is 5.28. The summed E-state index contributed by atoms with van der Waals surface area (Å²) >= 11 is 0. The summed E-state index contributed by atoms with van der Waals surface area (Å²) in [6.45, 7) is 10.5. The number of rotatable bonds is 1. The van der Waals surface area contributed by atoms with E-state index in [1.807, 2.05) is 13.8 Å². The maximum atomic E-state index is 8.56. The first-order valence-corrected chi connectivity index (χ1v) is 3.71. The molecule has 0 bridgehead atoms. The lowest BCUT2D eigenvalue weighted by atomic mass is 10.2. The van der Waals surface area contributed by atoms with Crippen molar-refractivity contribution in [1.82, 2.24) is 15.0 Å². The summed E-state index contributed by atoms with van der Waals surface area (Å²) in [5.41, 5.74) is 0. The van der Waals surface area contributed by atoms with Gasteiger partial charge in [0.1, 0.15) is 0 Å². The zero-order valence-electron chi connectivity index (χ0n) is 7.31. The van der Waals surface area contributed by atoms with E-state index >= 15 is 0 Å². The molecule has 0 aliphatic heterocycles. The lowest BCUT2D eigenvalue weighted by Gasteiger charge is -1.98. The van der Waals surface area contributed by atoms with Crippen LogP contribution in [0.3, 0.4) is 0 Å². The van der Waals surface area contributed by atoms with Crippen LogP contribution in [0.5, 0.6) is 0 Å². The third-order valence-electron chi connectivity index (χ3n) is 1.36. The normalized spacial score (nSPS) is 9.31. The Morgan fingerprint density at radius 2 is 2.08 bits per heavy atom. The van der Waals surface area contributed by atoms with Gasteiger partial charge < -0.3 is 4.85 Å². The van der Waals surface area contributed by atoms with Crippen LogP contribution in [0.4, 0.5) is 5.95 Å². The first-order chi connectivity index (χ1) is 6.17. The van der Waals surface area contributed by atoms with Gasteiger partial charge in [-0.3, -0.25) is 0 Å². The molecular formula is C8H7N5. The van der Waals surface area contributed by atoms with Crippen molar-refractivity contribution in [3.8, 4) is 6.07 Å². The molecule has 1 aromatic heterocycles. The van der Waals surface area contributed by atoms with Gasteiger partial charge in [0.15, 0.2) is 11.9 Å². The molecule has 1 heterocycles. The van der Waals surface area contributed by atoms with E-state index in [4.69, 9.17) is 11.8 Å². The average molecular weight is 173 g/mol. The molecule has 0 radical (unpaired) electrons. The van der Waals surface area contributed by atoms with Crippen LogP contribution in [0.15, 0.2) is 0 Å². The number of nitriles is 1. The van der Waals surface area contributed by atoms with Gasteiger partial charge in [-0.2, -0.15) is 10.2 Å². The van der Waals surface area contributed by atoms with Crippen molar-refractivity contribution in [3.05, 3.63) is 23.1 Å². The Hall–Kier alpha value is -2.01. The van der Waals surface area contributed by atoms with Crippen LogP contribution in [0.25, 0.3) is 4.85 Å². The van der Waals surface area contributed by atoms with E-state index in [-0.39, 0.29) is 17.7 Å². The second-order valence-electron chi connectivity index (χ2n) is 2.70. The van der Waals surface area contributed by atoms with Gasteiger partial charge in [-0.05, 0) is 0 Å². The maximum Gasteiger partial charge on any atom is 0.375 e. The Bertz CT molecular complexity index is 364. The fourth-order valence-corrected chi connectivity index (χ4v) is 0.739. The minimum atomic E-state index is -0.0183. The van der Waals surface area contributed by atoms with Crippen molar-refractivity contribution in [2.75, 3.05) is 0 Å². The van der Waals surface area contributed by atoms with Gasteiger partial charge in [0.2, 0.25) is 0 Å². The Balaban J connectivity index is 3.27. The molecule has 0 aromatic carbocycles. The largest absolute Gasteiger partial charge is 0.394 e. The molecule has 5 heteroatoms. The molecule has 0 amide bonds. The summed E-state index contributed by atoms with van der Waals surface area (Å²) in [6, 6.07) is 1.79. The standard InChI is InChI=1S/C8H7N5/c1-5(2)7-11-6(4-9)12-8(10-3)13-7/h5H,1-2H3. The molecule has 0 atom stereocenters. The minimum absolute atomic E-state index is 0.00435. The van der Waals surface area contributed by atoms with Crippen LogP contribution in [-0.4, -0.2) is 15.0 Å². The van der Waals surface area contributed by atoms with Crippen LogP contribution < -0.4 is 0 Å². The maximum absolute atomic E-state index is 8.56. The Kier molecular flexibility index (Phi) is 2.51. The Morgan fingerprint density at radius 3 is 2.54 bits per heavy atom. The summed E-state index contributed by atoms with van der Waals surface area (Å²) in [4.78, 5) is 14.4. The van der Waals surface area contributed by atoms with Gasteiger partial charge >= 0.3 is 5.95 Å². The second-order valence-corrected chi connectivity index (χ2v) is 2.70.